The molecule has 0 saturated carbocycles. The summed E-state index contributed by atoms with van der Waals surface area (Å²) in [6, 6.07) is 1.17. The summed E-state index contributed by atoms with van der Waals surface area (Å²) < 4.78 is 35.3. The third kappa shape index (κ3) is 7.27. The number of hydrogen-bond donors (Lipinski definition) is 2. The molecular weight excluding hydrogens is 399 g/mol. The van der Waals surface area contributed by atoms with E-state index in [4.69, 9.17) is 9.84 Å². The van der Waals surface area contributed by atoms with E-state index in [0.29, 0.717) is 0 Å². The number of aromatic carboxylic acids is 1. The van der Waals surface area contributed by atoms with Crippen LogP contribution in [0.5, 0.6) is 0 Å². The van der Waals surface area contributed by atoms with E-state index < -0.39 is 35.2 Å². The van der Waals surface area contributed by atoms with Crippen LogP contribution in [0.15, 0.2) is 23.3 Å². The number of alkyl halides is 1. The van der Waals surface area contributed by atoms with Gasteiger partial charge in [0.15, 0.2) is 5.69 Å². The molecule has 160 valence electrons. The van der Waals surface area contributed by atoms with E-state index in [-0.39, 0.29) is 49.8 Å². The third-order valence-electron chi connectivity index (χ3n) is 3.57. The number of carbonyl (C=O) groups is 2. The average Bonchev–Trinajstić information content (AvgIpc) is 3.05. The van der Waals surface area contributed by atoms with Crippen LogP contribution in [0.25, 0.3) is 0 Å². The summed E-state index contributed by atoms with van der Waals surface area (Å²) >= 11 is 0. The normalized spacial score (nSPS) is 12.0. The van der Waals surface area contributed by atoms with Crippen molar-refractivity contribution in [2.75, 3.05) is 5.32 Å². The molecule has 2 N–H and O–H groups in total. The molecule has 0 aliphatic heterocycles. The van der Waals surface area contributed by atoms with Crippen molar-refractivity contribution in [3.8, 4) is 0 Å². The number of ether oxygens (including phenoxy) is 1. The van der Waals surface area contributed by atoms with Crippen molar-refractivity contribution in [3.63, 3.8) is 0 Å². The van der Waals surface area contributed by atoms with Crippen LogP contribution in [0.2, 0.25) is 0 Å². The fourth-order valence-corrected chi connectivity index (χ4v) is 2.29. The molecule has 0 fully saturated rings. The molecule has 30 heavy (non-hydrogen) atoms. The first-order valence-corrected chi connectivity index (χ1v) is 8.62. The van der Waals surface area contributed by atoms with Crippen LogP contribution in [-0.2, 0) is 17.8 Å². The molecule has 0 spiro atoms. The topological polar surface area (TPSA) is 128 Å². The summed E-state index contributed by atoms with van der Waals surface area (Å²) in [6.45, 7) is 4.50. The number of anilines is 1. The Labute approximate surface area is 182 Å². The van der Waals surface area contributed by atoms with Gasteiger partial charge in [0.05, 0.1) is 18.4 Å². The molecule has 10 nitrogen and oxygen atoms in total. The summed E-state index contributed by atoms with van der Waals surface area (Å²) in [6.07, 6.45) is -0.236. The Kier molecular flexibility index (Phi) is 8.74. The number of nitrogens with zero attached hydrogens (tertiary/aromatic N) is 4. The molecule has 1 amide bonds. The van der Waals surface area contributed by atoms with Gasteiger partial charge in [-0.2, -0.15) is 4.39 Å². The second-order valence-corrected chi connectivity index (χ2v) is 7.19. The average molecular weight is 421 g/mol. The number of amides is 1. The van der Waals surface area contributed by atoms with Gasteiger partial charge >= 0.3 is 30.9 Å². The Balaban J connectivity index is 0.00000450. The molecular formula is C17H22F2LiN5O5. The SMILES string of the molecule is CC(C)(C)OC(=O)Nc1ccn(CCC(F)Cn2cc(C(=O)O)nn2)c(=O)c1F.[LiH]. The van der Waals surface area contributed by atoms with Crippen LogP contribution < -0.4 is 10.9 Å². The zero-order valence-corrected chi connectivity index (χ0v) is 16.1. The van der Waals surface area contributed by atoms with Crippen LogP contribution in [-0.4, -0.2) is 67.4 Å². The maximum absolute atomic E-state index is 14.2. The molecule has 0 radical (unpaired) electrons. The van der Waals surface area contributed by atoms with Gasteiger partial charge in [-0.15, -0.1) is 5.10 Å². The fraction of sp³-hybridized carbons (Fsp3) is 0.471. The van der Waals surface area contributed by atoms with Gasteiger partial charge in [0.1, 0.15) is 11.8 Å². The van der Waals surface area contributed by atoms with Crippen LogP contribution in [0.4, 0.5) is 19.3 Å². The Hall–Kier alpha value is -2.71. The minimum absolute atomic E-state index is 0. The first-order valence-electron chi connectivity index (χ1n) is 8.62. The summed E-state index contributed by atoms with van der Waals surface area (Å²) in [5.74, 6) is -2.48. The molecule has 13 heteroatoms. The first kappa shape index (κ1) is 25.3. The summed E-state index contributed by atoms with van der Waals surface area (Å²) in [5.41, 5.74) is -2.48. The number of carboxylic acids is 1. The maximum atomic E-state index is 14.2. The number of aryl methyl sites for hydroxylation is 1. The third-order valence-corrected chi connectivity index (χ3v) is 3.57. The Morgan fingerprint density at radius 1 is 1.37 bits per heavy atom. The van der Waals surface area contributed by atoms with Gasteiger partial charge in [-0.1, -0.05) is 5.21 Å². The number of carbonyl (C=O) groups excluding carboxylic acids is 1. The van der Waals surface area contributed by atoms with Crippen molar-refractivity contribution in [1.82, 2.24) is 19.6 Å². The molecule has 0 aliphatic rings. The standard InChI is InChI=1S/C17H21F2N5O5.Li.H/c1-17(2,3)29-16(28)20-11-5-7-23(14(25)13(11)19)6-4-10(18)8-24-9-12(15(26)27)21-22-24;;/h5,7,9-10H,4,6,8H2,1-3H3,(H,20,28)(H,26,27);;. The van der Waals surface area contributed by atoms with E-state index in [1.54, 1.807) is 20.8 Å². The molecule has 2 rings (SSSR count). The van der Waals surface area contributed by atoms with Crippen LogP contribution in [0.3, 0.4) is 0 Å². The molecule has 0 aliphatic carbocycles. The van der Waals surface area contributed by atoms with Crippen molar-refractivity contribution in [2.24, 2.45) is 0 Å². The van der Waals surface area contributed by atoms with Crippen molar-refractivity contribution in [3.05, 3.63) is 40.3 Å². The number of pyridine rings is 1. The minimum atomic E-state index is -1.48. The number of halogens is 2. The Morgan fingerprint density at radius 2 is 2.03 bits per heavy atom. The molecule has 1 atom stereocenters. The Morgan fingerprint density at radius 3 is 2.60 bits per heavy atom. The van der Waals surface area contributed by atoms with Crippen molar-refractivity contribution < 1.29 is 28.2 Å². The molecule has 0 bridgehead atoms. The van der Waals surface area contributed by atoms with Crippen molar-refractivity contribution in [1.29, 1.82) is 0 Å². The first-order chi connectivity index (χ1) is 13.5. The van der Waals surface area contributed by atoms with Crippen LogP contribution in [0, 0.1) is 5.82 Å². The van der Waals surface area contributed by atoms with Gasteiger partial charge in [0.25, 0.3) is 5.56 Å². The van der Waals surface area contributed by atoms with E-state index in [0.717, 1.165) is 15.4 Å². The monoisotopic (exact) mass is 421 g/mol. The van der Waals surface area contributed by atoms with E-state index in [1.165, 1.54) is 12.3 Å². The fourth-order valence-electron chi connectivity index (χ4n) is 2.29. The number of rotatable bonds is 7. The van der Waals surface area contributed by atoms with Crippen molar-refractivity contribution in [2.45, 2.75) is 52.1 Å². The van der Waals surface area contributed by atoms with E-state index in [9.17, 15) is 23.2 Å². The summed E-state index contributed by atoms with van der Waals surface area (Å²) in [5, 5.41) is 17.8. The number of nitrogens with one attached hydrogen (secondary N) is 1. The second-order valence-electron chi connectivity index (χ2n) is 7.19. The van der Waals surface area contributed by atoms with Crippen molar-refractivity contribution >= 4 is 36.6 Å². The Bertz CT molecular complexity index is 957. The van der Waals surface area contributed by atoms with E-state index in [2.05, 4.69) is 15.6 Å². The predicted octanol–water partition coefficient (Wildman–Crippen LogP) is 1.40. The summed E-state index contributed by atoms with van der Waals surface area (Å²) in [4.78, 5) is 34.5. The zero-order chi connectivity index (χ0) is 21.8. The zero-order valence-electron chi connectivity index (χ0n) is 16.1. The number of carboxylic acid groups (broad SMARTS) is 1. The van der Waals surface area contributed by atoms with Gasteiger partial charge in [0.2, 0.25) is 5.82 Å². The van der Waals surface area contributed by atoms with Gasteiger partial charge in [-0.3, -0.25) is 10.1 Å². The molecule has 2 aromatic rings. The van der Waals surface area contributed by atoms with Crippen LogP contribution in [0.1, 0.15) is 37.7 Å². The number of hydrogen-bond acceptors (Lipinski definition) is 6. The second kappa shape index (κ2) is 10.4. The quantitative estimate of drug-likeness (QED) is 0.647. The van der Waals surface area contributed by atoms with Gasteiger partial charge < -0.3 is 14.4 Å². The van der Waals surface area contributed by atoms with Gasteiger partial charge in [-0.25, -0.2) is 18.7 Å². The van der Waals surface area contributed by atoms with Gasteiger partial charge in [0, 0.05) is 12.7 Å². The molecule has 1 unspecified atom stereocenters. The summed E-state index contributed by atoms with van der Waals surface area (Å²) in [7, 11) is 0. The molecule has 0 aromatic carbocycles. The van der Waals surface area contributed by atoms with E-state index in [1.807, 2.05) is 0 Å². The molecule has 0 saturated heterocycles. The predicted molar refractivity (Wildman–Crippen MR) is 104 cm³/mol. The number of aromatic nitrogens is 4. The van der Waals surface area contributed by atoms with Crippen LogP contribution >= 0.6 is 0 Å². The van der Waals surface area contributed by atoms with Gasteiger partial charge in [-0.05, 0) is 33.3 Å². The van der Waals surface area contributed by atoms with E-state index >= 15 is 0 Å². The molecule has 2 aromatic heterocycles. The molecule has 2 heterocycles.